The summed E-state index contributed by atoms with van der Waals surface area (Å²) in [6.45, 7) is 4.16. The Morgan fingerprint density at radius 1 is 1.07 bits per heavy atom. The minimum atomic E-state index is -0.235. The summed E-state index contributed by atoms with van der Waals surface area (Å²) in [6, 6.07) is 10.9. The monoisotopic (exact) mass is 420 g/mol. The molecule has 1 aromatic heterocycles. The van der Waals surface area contributed by atoms with Gasteiger partial charge < -0.3 is 10.6 Å². The first-order valence-corrected chi connectivity index (χ1v) is 10.6. The zero-order valence-corrected chi connectivity index (χ0v) is 17.7. The summed E-state index contributed by atoms with van der Waals surface area (Å²) in [7, 11) is 0. The van der Waals surface area contributed by atoms with Crippen LogP contribution in [0.15, 0.2) is 36.4 Å². The van der Waals surface area contributed by atoms with Crippen molar-refractivity contribution in [3.63, 3.8) is 0 Å². The Morgan fingerprint density at radius 2 is 1.79 bits per heavy atom. The van der Waals surface area contributed by atoms with E-state index in [1.54, 1.807) is 12.1 Å². The second-order valence-corrected chi connectivity index (χ2v) is 8.20. The molecule has 0 bridgehead atoms. The van der Waals surface area contributed by atoms with Crippen LogP contribution in [0.3, 0.4) is 0 Å². The second-order valence-electron chi connectivity index (χ2n) is 6.48. The Kier molecular flexibility index (Phi) is 8.67. The highest BCUT2D eigenvalue weighted by Gasteiger charge is 2.15. The summed E-state index contributed by atoms with van der Waals surface area (Å²) in [5.41, 5.74) is 1.77. The van der Waals surface area contributed by atoms with Crippen molar-refractivity contribution in [3.05, 3.63) is 51.2 Å². The normalized spacial score (nSPS) is 11.7. The molecule has 0 saturated carbocycles. The summed E-state index contributed by atoms with van der Waals surface area (Å²) < 4.78 is 0.552. The van der Waals surface area contributed by atoms with E-state index < -0.39 is 0 Å². The molecule has 0 spiro atoms. The fourth-order valence-electron chi connectivity index (χ4n) is 2.82. The highest BCUT2D eigenvalue weighted by Crippen LogP contribution is 2.21. The van der Waals surface area contributed by atoms with Crippen LogP contribution in [0.25, 0.3) is 0 Å². The zero-order valence-electron chi connectivity index (χ0n) is 16.1. The van der Waals surface area contributed by atoms with E-state index >= 15 is 0 Å². The molecule has 0 aliphatic rings. The van der Waals surface area contributed by atoms with E-state index in [0.29, 0.717) is 21.3 Å². The molecule has 2 amide bonds. The van der Waals surface area contributed by atoms with Crippen molar-refractivity contribution < 1.29 is 14.4 Å². The van der Waals surface area contributed by atoms with Gasteiger partial charge in [-0.2, -0.15) is 0 Å². The van der Waals surface area contributed by atoms with Crippen molar-refractivity contribution in [2.45, 2.75) is 39.5 Å². The molecule has 0 radical (unpaired) electrons. The summed E-state index contributed by atoms with van der Waals surface area (Å²) >= 11 is 7.01. The fourth-order valence-corrected chi connectivity index (χ4v) is 3.78. The number of nitrogens with one attached hydrogen (secondary N) is 2. The minimum Gasteiger partial charge on any atom is -0.351 e. The number of Topliss-reactive ketones (excluding diaryl/α,β-unsaturated/α-hetero) is 1. The molecule has 0 aliphatic carbocycles. The van der Waals surface area contributed by atoms with Crippen LogP contribution in [0, 0.1) is 5.92 Å². The van der Waals surface area contributed by atoms with Gasteiger partial charge in [0, 0.05) is 31.0 Å². The Labute approximate surface area is 174 Å². The van der Waals surface area contributed by atoms with E-state index in [4.69, 9.17) is 11.6 Å². The first-order valence-electron chi connectivity index (χ1n) is 9.38. The van der Waals surface area contributed by atoms with E-state index in [0.717, 1.165) is 18.4 Å². The number of anilines is 1. The smallest absolute Gasteiger partial charge is 0.261 e. The van der Waals surface area contributed by atoms with Gasteiger partial charge in [-0.3, -0.25) is 14.4 Å². The number of hydrogen-bond donors (Lipinski definition) is 2. The van der Waals surface area contributed by atoms with E-state index in [2.05, 4.69) is 10.6 Å². The van der Waals surface area contributed by atoms with Gasteiger partial charge in [-0.15, -0.1) is 11.3 Å². The average molecular weight is 421 g/mol. The molecule has 2 aromatic rings. The lowest BCUT2D eigenvalue weighted by molar-refractivity contribution is -0.122. The third-order valence-electron chi connectivity index (χ3n) is 4.45. The van der Waals surface area contributed by atoms with Crippen molar-refractivity contribution in [1.82, 2.24) is 5.32 Å². The Balaban J connectivity index is 1.77. The maximum Gasteiger partial charge on any atom is 0.261 e. The number of benzene rings is 1. The topological polar surface area (TPSA) is 75.3 Å². The molecule has 1 aromatic carbocycles. The molecule has 0 fully saturated rings. The predicted octanol–water partition coefficient (Wildman–Crippen LogP) is 4.71. The van der Waals surface area contributed by atoms with E-state index in [9.17, 15) is 14.4 Å². The van der Waals surface area contributed by atoms with Gasteiger partial charge in [-0.05, 0) is 42.7 Å². The van der Waals surface area contributed by atoms with E-state index in [1.165, 1.54) is 11.3 Å². The largest absolute Gasteiger partial charge is 0.351 e. The van der Waals surface area contributed by atoms with Crippen molar-refractivity contribution >= 4 is 46.2 Å². The number of amides is 2. The molecule has 0 saturated heterocycles. The van der Waals surface area contributed by atoms with Crippen LogP contribution in [0.2, 0.25) is 4.34 Å². The predicted molar refractivity (Wildman–Crippen MR) is 114 cm³/mol. The van der Waals surface area contributed by atoms with Crippen LogP contribution in [0.1, 0.15) is 48.3 Å². The van der Waals surface area contributed by atoms with Gasteiger partial charge in [0.1, 0.15) is 5.78 Å². The van der Waals surface area contributed by atoms with Gasteiger partial charge in [-0.1, -0.05) is 37.6 Å². The number of halogens is 1. The molecular formula is C21H25ClN2O3S. The molecule has 7 heteroatoms. The van der Waals surface area contributed by atoms with Crippen molar-refractivity contribution in [2.24, 2.45) is 5.92 Å². The van der Waals surface area contributed by atoms with Crippen LogP contribution in [-0.2, 0) is 16.0 Å². The van der Waals surface area contributed by atoms with Crippen LogP contribution >= 0.6 is 22.9 Å². The maximum absolute atomic E-state index is 12.0. The Morgan fingerprint density at radius 3 is 2.36 bits per heavy atom. The zero-order chi connectivity index (χ0) is 20.5. The van der Waals surface area contributed by atoms with Crippen LogP contribution < -0.4 is 10.6 Å². The molecule has 150 valence electrons. The molecule has 5 nitrogen and oxygen atoms in total. The second kappa shape index (κ2) is 11.0. The number of ketones is 1. The molecule has 1 atom stereocenters. The fraction of sp³-hybridized carbons (Fsp3) is 0.381. The molecular weight excluding hydrogens is 396 g/mol. The molecule has 28 heavy (non-hydrogen) atoms. The Hall–Kier alpha value is -2.18. The third kappa shape index (κ3) is 6.77. The van der Waals surface area contributed by atoms with Crippen molar-refractivity contribution in [2.75, 3.05) is 11.9 Å². The lowest BCUT2D eigenvalue weighted by atomic mass is 9.92. The first-order chi connectivity index (χ1) is 13.4. The summed E-state index contributed by atoms with van der Waals surface area (Å²) in [6.07, 6.45) is 2.28. The molecule has 0 aliphatic heterocycles. The van der Waals surface area contributed by atoms with E-state index in [-0.39, 0.29) is 36.5 Å². The number of hydrogen-bond acceptors (Lipinski definition) is 4. The standard InChI is InChI=1S/C21H25ClN2O3S/c1-3-15(17(25)4-2)13-14-5-7-16(8-6-14)24-20(26)11-12-23-21(27)18-9-10-19(22)28-18/h5-10,15H,3-4,11-13H2,1-2H3,(H,23,27)(H,24,26)/t15-/m1/s1. The summed E-state index contributed by atoms with van der Waals surface area (Å²) in [5, 5.41) is 5.51. The summed E-state index contributed by atoms with van der Waals surface area (Å²) in [5.74, 6) is -0.0787. The number of thiophene rings is 1. The molecule has 1 heterocycles. The number of rotatable bonds is 10. The van der Waals surface area contributed by atoms with Crippen molar-refractivity contribution in [1.29, 1.82) is 0 Å². The van der Waals surface area contributed by atoms with E-state index in [1.807, 2.05) is 38.1 Å². The van der Waals surface area contributed by atoms with Crippen molar-refractivity contribution in [3.8, 4) is 0 Å². The maximum atomic E-state index is 12.0. The van der Waals surface area contributed by atoms with Gasteiger partial charge in [0.25, 0.3) is 5.91 Å². The number of carbonyl (C=O) groups excluding carboxylic acids is 3. The summed E-state index contributed by atoms with van der Waals surface area (Å²) in [4.78, 5) is 36.4. The van der Waals surface area contributed by atoms with Gasteiger partial charge in [0.05, 0.1) is 9.21 Å². The molecule has 2 rings (SSSR count). The highest BCUT2D eigenvalue weighted by atomic mass is 35.5. The van der Waals surface area contributed by atoms with Crippen LogP contribution in [0.4, 0.5) is 5.69 Å². The Bertz CT molecular complexity index is 817. The number of carbonyl (C=O) groups is 3. The first kappa shape index (κ1) is 22.1. The highest BCUT2D eigenvalue weighted by molar-refractivity contribution is 7.17. The third-order valence-corrected chi connectivity index (χ3v) is 5.68. The molecule has 2 N–H and O–H groups in total. The van der Waals surface area contributed by atoms with Gasteiger partial charge in [-0.25, -0.2) is 0 Å². The van der Waals surface area contributed by atoms with Gasteiger partial charge >= 0.3 is 0 Å². The van der Waals surface area contributed by atoms with Crippen LogP contribution in [0.5, 0.6) is 0 Å². The minimum absolute atomic E-state index is 0.0484. The lowest BCUT2D eigenvalue weighted by Gasteiger charge is -2.13. The quantitative estimate of drug-likeness (QED) is 0.584. The SMILES string of the molecule is CCC(=O)[C@H](CC)Cc1ccc(NC(=O)CCNC(=O)c2ccc(Cl)s2)cc1. The average Bonchev–Trinajstić information content (AvgIpc) is 3.13. The van der Waals surface area contributed by atoms with Crippen LogP contribution in [-0.4, -0.2) is 24.1 Å². The van der Waals surface area contributed by atoms with Gasteiger partial charge in [0.15, 0.2) is 0 Å². The lowest BCUT2D eigenvalue weighted by Crippen LogP contribution is -2.27. The molecule has 0 unspecified atom stereocenters. The van der Waals surface area contributed by atoms with Gasteiger partial charge in [0.2, 0.25) is 5.91 Å².